The molecule has 0 aromatic rings. The van der Waals surface area contributed by atoms with Crippen LogP contribution in [0.2, 0.25) is 0 Å². The zero-order chi connectivity index (χ0) is 5.70. The molecule has 0 bridgehead atoms. The van der Waals surface area contributed by atoms with Gasteiger partial charge in [-0.25, -0.2) is 4.79 Å². The quantitative estimate of drug-likeness (QED) is 0.188. The van der Waals surface area contributed by atoms with E-state index in [4.69, 9.17) is 0 Å². The van der Waals surface area contributed by atoms with Crippen LogP contribution in [0.25, 0.3) is 0 Å². The molecule has 0 fully saturated rings. The minimum atomic E-state index is -0.727. The third-order valence-corrected chi connectivity index (χ3v) is 0.331. The standard InChI is InChI=1S/C4H4O3.Zn/c1-2-4(6)7-3-5;/h2-3H,1H2;. The van der Waals surface area contributed by atoms with Crippen LogP contribution in [-0.2, 0) is 33.8 Å². The molecule has 0 aromatic carbocycles. The first-order valence-electron chi connectivity index (χ1n) is 1.58. The van der Waals surface area contributed by atoms with Gasteiger partial charge in [0, 0.05) is 25.6 Å². The number of hydrogen-bond donors (Lipinski definition) is 0. The summed E-state index contributed by atoms with van der Waals surface area (Å²) in [7, 11) is 0. The molecule has 0 atom stereocenters. The van der Waals surface area contributed by atoms with Gasteiger partial charge < -0.3 is 4.74 Å². The topological polar surface area (TPSA) is 43.4 Å². The van der Waals surface area contributed by atoms with Crippen LogP contribution in [-0.4, -0.2) is 12.4 Å². The number of ether oxygens (including phenoxy) is 1. The molecule has 0 saturated carbocycles. The van der Waals surface area contributed by atoms with Crippen LogP contribution in [0.4, 0.5) is 0 Å². The fourth-order valence-corrected chi connectivity index (χ4v) is 0.0955. The largest absolute Gasteiger partial charge is 0.392 e. The molecular formula is C4H4O3Zn. The molecule has 8 heavy (non-hydrogen) atoms. The van der Waals surface area contributed by atoms with Crippen molar-refractivity contribution in [1.82, 2.24) is 0 Å². The van der Waals surface area contributed by atoms with E-state index in [1.165, 1.54) is 0 Å². The Morgan fingerprint density at radius 2 is 2.12 bits per heavy atom. The van der Waals surface area contributed by atoms with Crippen molar-refractivity contribution in [3.63, 3.8) is 0 Å². The van der Waals surface area contributed by atoms with E-state index >= 15 is 0 Å². The third-order valence-electron chi connectivity index (χ3n) is 0.331. The van der Waals surface area contributed by atoms with Crippen molar-refractivity contribution in [3.05, 3.63) is 12.7 Å². The fraction of sp³-hybridized carbons (Fsp3) is 0. The minimum Gasteiger partial charge on any atom is -0.392 e. The van der Waals surface area contributed by atoms with E-state index in [-0.39, 0.29) is 26.0 Å². The predicted molar refractivity (Wildman–Crippen MR) is 22.4 cm³/mol. The van der Waals surface area contributed by atoms with E-state index in [1.807, 2.05) is 0 Å². The first kappa shape index (κ1) is 10.5. The Labute approximate surface area is 59.5 Å². The molecule has 0 aliphatic rings. The molecule has 0 radical (unpaired) electrons. The average molecular weight is 165 g/mol. The van der Waals surface area contributed by atoms with E-state index in [0.29, 0.717) is 0 Å². The number of hydrogen-bond acceptors (Lipinski definition) is 3. The van der Waals surface area contributed by atoms with Gasteiger partial charge >= 0.3 is 12.4 Å². The van der Waals surface area contributed by atoms with Gasteiger partial charge in [0.25, 0.3) is 0 Å². The Balaban J connectivity index is 0. The van der Waals surface area contributed by atoms with E-state index in [9.17, 15) is 9.59 Å². The van der Waals surface area contributed by atoms with E-state index in [0.717, 1.165) is 6.08 Å². The second kappa shape index (κ2) is 6.50. The molecule has 0 rings (SSSR count). The molecule has 0 heterocycles. The summed E-state index contributed by atoms with van der Waals surface area (Å²) >= 11 is 0. The third kappa shape index (κ3) is 5.50. The molecule has 0 aliphatic heterocycles. The Hall–Kier alpha value is -0.497. The summed E-state index contributed by atoms with van der Waals surface area (Å²) in [6.45, 7) is 3.11. The Morgan fingerprint density at radius 1 is 1.62 bits per heavy atom. The van der Waals surface area contributed by atoms with Crippen LogP contribution in [0, 0.1) is 0 Å². The van der Waals surface area contributed by atoms with Gasteiger partial charge in [-0.3, -0.25) is 4.79 Å². The molecule has 3 nitrogen and oxygen atoms in total. The number of carbonyl (C=O) groups is 2. The molecule has 0 N–H and O–H groups in total. The van der Waals surface area contributed by atoms with Crippen molar-refractivity contribution in [2.75, 3.05) is 0 Å². The van der Waals surface area contributed by atoms with Gasteiger partial charge in [-0.2, -0.15) is 0 Å². The maximum atomic E-state index is 9.84. The summed E-state index contributed by atoms with van der Waals surface area (Å²) in [6.07, 6.45) is 0.911. The second-order valence-corrected chi connectivity index (χ2v) is 0.737. The van der Waals surface area contributed by atoms with Gasteiger partial charge in [-0.05, 0) is 0 Å². The average Bonchev–Trinajstić information content (AvgIpc) is 1.68. The SMILES string of the molecule is C=CC(=O)OC=O.[Zn]. The number of rotatable bonds is 2. The molecule has 0 aliphatic carbocycles. The van der Waals surface area contributed by atoms with Crippen molar-refractivity contribution in [2.24, 2.45) is 0 Å². The van der Waals surface area contributed by atoms with Crippen LogP contribution in [0.1, 0.15) is 0 Å². The summed E-state index contributed by atoms with van der Waals surface area (Å²) in [5.41, 5.74) is 0. The molecule has 4 heteroatoms. The summed E-state index contributed by atoms with van der Waals surface area (Å²) in [4.78, 5) is 19.1. The summed E-state index contributed by atoms with van der Waals surface area (Å²) in [5, 5.41) is 0. The summed E-state index contributed by atoms with van der Waals surface area (Å²) in [6, 6.07) is 0. The summed E-state index contributed by atoms with van der Waals surface area (Å²) < 4.78 is 3.75. The maximum Gasteiger partial charge on any atom is 0.337 e. The number of esters is 1. The van der Waals surface area contributed by atoms with Crippen molar-refractivity contribution < 1.29 is 33.8 Å². The fourth-order valence-electron chi connectivity index (χ4n) is 0.0955. The van der Waals surface area contributed by atoms with Crippen LogP contribution in [0.3, 0.4) is 0 Å². The first-order valence-corrected chi connectivity index (χ1v) is 1.58. The first-order chi connectivity index (χ1) is 3.31. The smallest absolute Gasteiger partial charge is 0.337 e. The molecular weight excluding hydrogens is 161 g/mol. The number of carbonyl (C=O) groups excluding carboxylic acids is 2. The zero-order valence-electron chi connectivity index (χ0n) is 4.29. The molecule has 0 spiro atoms. The van der Waals surface area contributed by atoms with Gasteiger partial charge in [0.1, 0.15) is 0 Å². The van der Waals surface area contributed by atoms with Crippen molar-refractivity contribution in [3.8, 4) is 0 Å². The van der Waals surface area contributed by atoms with Gasteiger partial charge in [0.05, 0.1) is 0 Å². The van der Waals surface area contributed by atoms with E-state index < -0.39 is 5.97 Å². The Kier molecular flexibility index (Phi) is 8.52. The van der Waals surface area contributed by atoms with Gasteiger partial charge in [-0.15, -0.1) is 0 Å². The summed E-state index contributed by atoms with van der Waals surface area (Å²) in [5.74, 6) is -0.727. The van der Waals surface area contributed by atoms with Gasteiger partial charge in [0.15, 0.2) is 0 Å². The normalized spacial score (nSPS) is 6.00. The molecule has 0 unspecified atom stereocenters. The van der Waals surface area contributed by atoms with Crippen molar-refractivity contribution in [1.29, 1.82) is 0 Å². The minimum absolute atomic E-state index is 0. The van der Waals surface area contributed by atoms with Crippen molar-refractivity contribution >= 4 is 12.4 Å². The molecule has 40 valence electrons. The van der Waals surface area contributed by atoms with Crippen LogP contribution >= 0.6 is 0 Å². The molecule has 0 saturated heterocycles. The predicted octanol–water partition coefficient (Wildman–Crippen LogP) is -0.131. The molecule has 0 amide bonds. The second-order valence-electron chi connectivity index (χ2n) is 0.737. The van der Waals surface area contributed by atoms with Crippen LogP contribution < -0.4 is 0 Å². The Morgan fingerprint density at radius 3 is 2.25 bits per heavy atom. The van der Waals surface area contributed by atoms with Gasteiger partial charge in [-0.1, -0.05) is 6.58 Å². The van der Waals surface area contributed by atoms with E-state index in [1.54, 1.807) is 0 Å². The van der Waals surface area contributed by atoms with Crippen LogP contribution in [0.5, 0.6) is 0 Å². The van der Waals surface area contributed by atoms with Gasteiger partial charge in [0.2, 0.25) is 0 Å². The maximum absolute atomic E-state index is 9.84. The molecule has 0 aromatic heterocycles. The zero-order valence-corrected chi connectivity index (χ0v) is 7.26. The monoisotopic (exact) mass is 164 g/mol. The van der Waals surface area contributed by atoms with Crippen LogP contribution in [0.15, 0.2) is 12.7 Å². The van der Waals surface area contributed by atoms with Crippen molar-refractivity contribution in [2.45, 2.75) is 0 Å². The Bertz CT molecular complexity index is 99.5. The van der Waals surface area contributed by atoms with E-state index in [2.05, 4.69) is 11.3 Å².